The number of aromatic nitrogens is 2. The van der Waals surface area contributed by atoms with Crippen LogP contribution in [0.4, 0.5) is 11.4 Å². The van der Waals surface area contributed by atoms with Gasteiger partial charge in [-0.3, -0.25) is 9.59 Å². The molecule has 0 unspecified atom stereocenters. The Bertz CT molecular complexity index is 1170. The minimum Gasteiger partial charge on any atom is -0.322 e. The van der Waals surface area contributed by atoms with E-state index >= 15 is 0 Å². The minimum absolute atomic E-state index is 0.184. The lowest BCUT2D eigenvalue weighted by atomic mass is 10.2. The van der Waals surface area contributed by atoms with E-state index in [4.69, 9.17) is 0 Å². The topological polar surface area (TPSA) is 107 Å². The zero-order valence-electron chi connectivity index (χ0n) is 13.9. The highest BCUT2D eigenvalue weighted by Crippen LogP contribution is 2.17. The van der Waals surface area contributed by atoms with Gasteiger partial charge in [0.15, 0.2) is 0 Å². The zero-order chi connectivity index (χ0) is 18.8. The summed E-state index contributed by atoms with van der Waals surface area (Å²) >= 11 is 1.36. The molecule has 2 aromatic heterocycles. The molecule has 4 aromatic rings. The highest BCUT2D eigenvalue weighted by Gasteiger charge is 2.10. The first-order valence-electron chi connectivity index (χ1n) is 8.07. The summed E-state index contributed by atoms with van der Waals surface area (Å²) in [6.45, 7) is 0. The fraction of sp³-hybridized carbons (Fsp3) is 0. The lowest BCUT2D eigenvalue weighted by molar-refractivity contribution is 0.102. The van der Waals surface area contributed by atoms with Crippen LogP contribution in [0, 0.1) is 0 Å². The predicted molar refractivity (Wildman–Crippen MR) is 106 cm³/mol. The molecular weight excluding hydrogens is 364 g/mol. The molecule has 0 spiro atoms. The zero-order valence-corrected chi connectivity index (χ0v) is 14.7. The average molecular weight is 378 g/mol. The van der Waals surface area contributed by atoms with E-state index in [9.17, 15) is 14.4 Å². The molecule has 4 N–H and O–H groups in total. The van der Waals surface area contributed by atoms with Crippen LogP contribution in [0.5, 0.6) is 0 Å². The number of hydrogen-bond donors (Lipinski definition) is 4. The molecule has 2 amide bonds. The molecule has 8 heteroatoms. The van der Waals surface area contributed by atoms with Crippen LogP contribution in [0.1, 0.15) is 20.0 Å². The summed E-state index contributed by atoms with van der Waals surface area (Å²) < 4.78 is 0. The normalized spacial score (nSPS) is 10.7. The summed E-state index contributed by atoms with van der Waals surface area (Å²) in [6, 6.07) is 15.3. The summed E-state index contributed by atoms with van der Waals surface area (Å²) in [7, 11) is 0. The molecule has 27 heavy (non-hydrogen) atoms. The van der Waals surface area contributed by atoms with Crippen LogP contribution in [0.3, 0.4) is 0 Å². The molecule has 0 aliphatic carbocycles. The molecule has 0 bridgehead atoms. The smallest absolute Gasteiger partial charge is 0.322 e. The van der Waals surface area contributed by atoms with Crippen molar-refractivity contribution in [2.45, 2.75) is 0 Å². The van der Waals surface area contributed by atoms with Gasteiger partial charge in [0.2, 0.25) is 0 Å². The third-order valence-corrected chi connectivity index (χ3v) is 4.79. The minimum atomic E-state index is -0.298. The third kappa shape index (κ3) is 3.65. The Labute approximate surface area is 157 Å². The largest absolute Gasteiger partial charge is 0.323 e. The molecule has 0 radical (unpaired) electrons. The number of anilines is 2. The number of imidazole rings is 1. The van der Waals surface area contributed by atoms with Crippen molar-refractivity contribution in [3.63, 3.8) is 0 Å². The molecule has 0 aliphatic rings. The SMILES string of the molecule is O=C(Nc1ccc2[nH]c(=O)[nH]c2c1)c1ccc(NC(=O)c2cccs2)cc1. The number of amides is 2. The molecule has 0 fully saturated rings. The Morgan fingerprint density at radius 2 is 1.52 bits per heavy atom. The van der Waals surface area contributed by atoms with Gasteiger partial charge in [-0.1, -0.05) is 6.07 Å². The number of rotatable bonds is 4. The monoisotopic (exact) mass is 378 g/mol. The van der Waals surface area contributed by atoms with Crippen molar-refractivity contribution in [3.8, 4) is 0 Å². The number of benzene rings is 2. The van der Waals surface area contributed by atoms with Gasteiger partial charge in [0, 0.05) is 16.9 Å². The second kappa shape index (κ2) is 6.93. The second-order valence-electron chi connectivity index (χ2n) is 5.80. The highest BCUT2D eigenvalue weighted by molar-refractivity contribution is 7.12. The Hall–Kier alpha value is -3.65. The van der Waals surface area contributed by atoms with Gasteiger partial charge in [0.1, 0.15) is 0 Å². The summed E-state index contributed by atoms with van der Waals surface area (Å²) in [5.41, 5.74) is 2.61. The molecule has 0 saturated carbocycles. The van der Waals surface area contributed by atoms with Gasteiger partial charge in [-0.05, 0) is 53.9 Å². The van der Waals surface area contributed by atoms with E-state index in [1.165, 1.54) is 11.3 Å². The van der Waals surface area contributed by atoms with Gasteiger partial charge in [-0.2, -0.15) is 0 Å². The van der Waals surface area contributed by atoms with Gasteiger partial charge in [-0.15, -0.1) is 11.3 Å². The maximum atomic E-state index is 12.4. The molecule has 2 aromatic carbocycles. The molecular formula is C19H14N4O3S. The number of fused-ring (bicyclic) bond motifs is 1. The summed E-state index contributed by atoms with van der Waals surface area (Å²) in [5.74, 6) is -0.473. The van der Waals surface area contributed by atoms with E-state index in [1.54, 1.807) is 48.5 Å². The molecule has 4 rings (SSSR count). The maximum absolute atomic E-state index is 12.4. The van der Waals surface area contributed by atoms with Crippen LogP contribution in [-0.4, -0.2) is 21.8 Å². The highest BCUT2D eigenvalue weighted by atomic mass is 32.1. The van der Waals surface area contributed by atoms with Crippen molar-refractivity contribution in [3.05, 3.63) is 80.9 Å². The van der Waals surface area contributed by atoms with Crippen molar-refractivity contribution < 1.29 is 9.59 Å². The van der Waals surface area contributed by atoms with E-state index < -0.39 is 0 Å². The van der Waals surface area contributed by atoms with E-state index in [-0.39, 0.29) is 17.5 Å². The van der Waals surface area contributed by atoms with Gasteiger partial charge >= 0.3 is 5.69 Å². The van der Waals surface area contributed by atoms with E-state index in [0.717, 1.165) is 0 Å². The van der Waals surface area contributed by atoms with Crippen molar-refractivity contribution >= 4 is 45.6 Å². The lowest BCUT2D eigenvalue weighted by Crippen LogP contribution is -2.13. The quantitative estimate of drug-likeness (QED) is 0.437. The van der Waals surface area contributed by atoms with Gasteiger partial charge in [0.25, 0.3) is 11.8 Å². The van der Waals surface area contributed by atoms with Crippen LogP contribution in [0.25, 0.3) is 11.0 Å². The number of nitrogens with one attached hydrogen (secondary N) is 4. The van der Waals surface area contributed by atoms with Crippen LogP contribution in [0.2, 0.25) is 0 Å². The van der Waals surface area contributed by atoms with E-state index in [2.05, 4.69) is 20.6 Å². The van der Waals surface area contributed by atoms with Crippen molar-refractivity contribution in [2.24, 2.45) is 0 Å². The van der Waals surface area contributed by atoms with Crippen LogP contribution in [-0.2, 0) is 0 Å². The summed E-state index contributed by atoms with van der Waals surface area (Å²) in [5, 5.41) is 7.40. The second-order valence-corrected chi connectivity index (χ2v) is 6.75. The Morgan fingerprint density at radius 1 is 0.815 bits per heavy atom. The Balaban J connectivity index is 1.45. The van der Waals surface area contributed by atoms with Crippen molar-refractivity contribution in [1.29, 1.82) is 0 Å². The molecule has 0 saturated heterocycles. The number of aromatic amines is 2. The molecule has 0 atom stereocenters. The average Bonchev–Trinajstić information content (AvgIpc) is 3.30. The van der Waals surface area contributed by atoms with Gasteiger partial charge in [0.05, 0.1) is 15.9 Å². The number of hydrogen-bond acceptors (Lipinski definition) is 4. The van der Waals surface area contributed by atoms with Crippen LogP contribution >= 0.6 is 11.3 Å². The molecule has 7 nitrogen and oxygen atoms in total. The first-order valence-corrected chi connectivity index (χ1v) is 8.95. The van der Waals surface area contributed by atoms with Gasteiger partial charge in [-0.25, -0.2) is 4.79 Å². The van der Waals surface area contributed by atoms with E-state index in [0.29, 0.717) is 32.8 Å². The number of H-pyrrole nitrogens is 2. The first-order chi connectivity index (χ1) is 13.1. The standard InChI is InChI=1S/C19H14N4O3S/c24-17(21-13-7-8-14-15(10-13)23-19(26)22-14)11-3-5-12(6-4-11)20-18(25)16-2-1-9-27-16/h1-10H,(H,20,25)(H,21,24)(H2,22,23,26). The fourth-order valence-electron chi connectivity index (χ4n) is 2.62. The fourth-order valence-corrected chi connectivity index (χ4v) is 3.24. The third-order valence-electron chi connectivity index (χ3n) is 3.92. The van der Waals surface area contributed by atoms with Crippen molar-refractivity contribution in [2.75, 3.05) is 10.6 Å². The Morgan fingerprint density at radius 3 is 2.26 bits per heavy atom. The number of carbonyl (C=O) groups excluding carboxylic acids is 2. The predicted octanol–water partition coefficient (Wildman–Crippen LogP) is 3.42. The molecule has 0 aliphatic heterocycles. The number of carbonyl (C=O) groups is 2. The Kier molecular flexibility index (Phi) is 4.31. The van der Waals surface area contributed by atoms with E-state index in [1.807, 2.05) is 11.4 Å². The summed E-state index contributed by atoms with van der Waals surface area (Å²) in [4.78, 5) is 41.6. The molecule has 134 valence electrons. The molecule has 2 heterocycles. The first kappa shape index (κ1) is 16.8. The van der Waals surface area contributed by atoms with Crippen LogP contribution < -0.4 is 16.3 Å². The van der Waals surface area contributed by atoms with Gasteiger partial charge < -0.3 is 20.6 Å². The lowest BCUT2D eigenvalue weighted by Gasteiger charge is -2.07. The van der Waals surface area contributed by atoms with Crippen molar-refractivity contribution in [1.82, 2.24) is 9.97 Å². The summed E-state index contributed by atoms with van der Waals surface area (Å²) in [6.07, 6.45) is 0. The maximum Gasteiger partial charge on any atom is 0.323 e. The number of thiophene rings is 1. The van der Waals surface area contributed by atoms with Crippen LogP contribution in [0.15, 0.2) is 64.8 Å².